The number of benzene rings is 1. The lowest BCUT2D eigenvalue weighted by Crippen LogP contribution is -2.39. The van der Waals surface area contributed by atoms with E-state index in [1.165, 1.54) is 0 Å². The van der Waals surface area contributed by atoms with Crippen molar-refractivity contribution >= 4 is 5.91 Å². The van der Waals surface area contributed by atoms with E-state index in [1.807, 2.05) is 36.2 Å². The molecule has 0 spiro atoms. The molecule has 3 rings (SSSR count). The van der Waals surface area contributed by atoms with Crippen molar-refractivity contribution in [1.29, 1.82) is 5.26 Å². The van der Waals surface area contributed by atoms with Gasteiger partial charge in [0.2, 0.25) is 5.91 Å². The summed E-state index contributed by atoms with van der Waals surface area (Å²) in [4.78, 5) is 16.1. The number of likely N-dealkylation sites (tertiary alicyclic amines) is 1. The Morgan fingerprint density at radius 2 is 2.05 bits per heavy atom. The third-order valence-corrected chi connectivity index (χ3v) is 5.37. The molecular formula is C18H23N3O. The van der Waals surface area contributed by atoms with Gasteiger partial charge in [-0.05, 0) is 43.4 Å². The number of fused-ring (bicyclic) bond motifs is 1. The van der Waals surface area contributed by atoms with Crippen LogP contribution in [0.1, 0.15) is 30.4 Å². The molecule has 1 aromatic rings. The monoisotopic (exact) mass is 297 g/mol. The first-order valence-corrected chi connectivity index (χ1v) is 8.00. The van der Waals surface area contributed by atoms with Gasteiger partial charge in [-0.25, -0.2) is 0 Å². The second-order valence-electron chi connectivity index (χ2n) is 6.81. The van der Waals surface area contributed by atoms with Crippen LogP contribution in [0.15, 0.2) is 24.3 Å². The molecule has 0 radical (unpaired) electrons. The molecule has 1 heterocycles. The summed E-state index contributed by atoms with van der Waals surface area (Å²) in [6, 6.07) is 10.6. The van der Waals surface area contributed by atoms with Crippen LogP contribution >= 0.6 is 0 Å². The molecule has 4 nitrogen and oxygen atoms in total. The summed E-state index contributed by atoms with van der Waals surface area (Å²) in [7, 11) is 4.06. The fraction of sp³-hybridized carbons (Fsp3) is 0.556. The zero-order chi connectivity index (χ0) is 15.7. The standard InChI is InChI=1S/C18H23N3O/c1-20(11-14-6-4-3-5-13(14)10-19)17-7-15-9-18(22)21(2)12-16(15)8-17/h3-6,15-17H,7-9,11-12H2,1-2H3/t15-,16+,17-/m1/s1. The molecule has 1 amide bonds. The molecular weight excluding hydrogens is 274 g/mol. The minimum atomic E-state index is 0.291. The van der Waals surface area contributed by atoms with Crippen LogP contribution in [0.2, 0.25) is 0 Å². The molecule has 116 valence electrons. The van der Waals surface area contributed by atoms with Crippen molar-refractivity contribution in [2.24, 2.45) is 11.8 Å². The van der Waals surface area contributed by atoms with Gasteiger partial charge in [0.05, 0.1) is 11.6 Å². The zero-order valence-corrected chi connectivity index (χ0v) is 13.3. The third kappa shape index (κ3) is 2.86. The average molecular weight is 297 g/mol. The Bertz CT molecular complexity index is 607. The zero-order valence-electron chi connectivity index (χ0n) is 13.3. The van der Waals surface area contributed by atoms with E-state index in [9.17, 15) is 10.1 Å². The summed E-state index contributed by atoms with van der Waals surface area (Å²) < 4.78 is 0. The minimum Gasteiger partial charge on any atom is -0.345 e. The van der Waals surface area contributed by atoms with E-state index < -0.39 is 0 Å². The van der Waals surface area contributed by atoms with Crippen molar-refractivity contribution in [3.8, 4) is 6.07 Å². The first-order chi connectivity index (χ1) is 10.6. The molecule has 3 atom stereocenters. The van der Waals surface area contributed by atoms with E-state index >= 15 is 0 Å². The Labute approximate surface area is 132 Å². The highest BCUT2D eigenvalue weighted by Crippen LogP contribution is 2.40. The molecule has 2 aliphatic rings. The summed E-state index contributed by atoms with van der Waals surface area (Å²) in [6.07, 6.45) is 2.98. The van der Waals surface area contributed by atoms with Gasteiger partial charge >= 0.3 is 0 Å². The van der Waals surface area contributed by atoms with Gasteiger partial charge in [-0.1, -0.05) is 18.2 Å². The van der Waals surface area contributed by atoms with Crippen LogP contribution in [-0.4, -0.2) is 42.4 Å². The molecule has 2 fully saturated rings. The molecule has 1 saturated heterocycles. The lowest BCUT2D eigenvalue weighted by atomic mass is 9.88. The summed E-state index contributed by atoms with van der Waals surface area (Å²) >= 11 is 0. The average Bonchev–Trinajstić information content (AvgIpc) is 2.91. The smallest absolute Gasteiger partial charge is 0.222 e. The number of nitrogens with zero attached hydrogens (tertiary/aromatic N) is 3. The highest BCUT2D eigenvalue weighted by atomic mass is 16.2. The number of nitriles is 1. The Kier molecular flexibility index (Phi) is 4.17. The lowest BCUT2D eigenvalue weighted by molar-refractivity contribution is -0.134. The molecule has 0 bridgehead atoms. The van der Waals surface area contributed by atoms with Crippen LogP contribution in [0.25, 0.3) is 0 Å². The highest BCUT2D eigenvalue weighted by molar-refractivity contribution is 5.77. The van der Waals surface area contributed by atoms with Crippen molar-refractivity contribution < 1.29 is 4.79 Å². The van der Waals surface area contributed by atoms with Crippen LogP contribution in [0, 0.1) is 23.2 Å². The summed E-state index contributed by atoms with van der Waals surface area (Å²) in [5.74, 6) is 1.48. The van der Waals surface area contributed by atoms with E-state index in [1.54, 1.807) is 0 Å². The summed E-state index contributed by atoms with van der Waals surface area (Å²) in [5.41, 5.74) is 1.86. The maximum Gasteiger partial charge on any atom is 0.222 e. The minimum absolute atomic E-state index is 0.291. The van der Waals surface area contributed by atoms with E-state index in [0.29, 0.717) is 30.2 Å². The van der Waals surface area contributed by atoms with Crippen molar-refractivity contribution in [3.63, 3.8) is 0 Å². The van der Waals surface area contributed by atoms with Crippen molar-refractivity contribution in [2.45, 2.75) is 31.8 Å². The van der Waals surface area contributed by atoms with Crippen molar-refractivity contribution in [2.75, 3.05) is 20.6 Å². The Balaban J connectivity index is 1.66. The molecule has 1 aliphatic heterocycles. The molecule has 1 saturated carbocycles. The molecule has 0 N–H and O–H groups in total. The number of carbonyl (C=O) groups excluding carboxylic acids is 1. The largest absolute Gasteiger partial charge is 0.345 e. The van der Waals surface area contributed by atoms with Gasteiger partial charge in [0.15, 0.2) is 0 Å². The second-order valence-corrected chi connectivity index (χ2v) is 6.81. The van der Waals surface area contributed by atoms with Gasteiger partial charge in [-0.3, -0.25) is 9.69 Å². The fourth-order valence-corrected chi connectivity index (χ4v) is 4.01. The van der Waals surface area contributed by atoms with Gasteiger partial charge in [-0.2, -0.15) is 5.26 Å². The number of amides is 1. The first-order valence-electron chi connectivity index (χ1n) is 8.00. The summed E-state index contributed by atoms with van der Waals surface area (Å²) in [5, 5.41) is 9.21. The quantitative estimate of drug-likeness (QED) is 0.859. The molecule has 22 heavy (non-hydrogen) atoms. The van der Waals surface area contributed by atoms with E-state index in [4.69, 9.17) is 0 Å². The van der Waals surface area contributed by atoms with Crippen LogP contribution in [0.5, 0.6) is 0 Å². The van der Waals surface area contributed by atoms with Gasteiger partial charge in [0.25, 0.3) is 0 Å². The number of carbonyl (C=O) groups is 1. The van der Waals surface area contributed by atoms with E-state index in [2.05, 4.69) is 18.0 Å². The molecule has 1 aliphatic carbocycles. The van der Waals surface area contributed by atoms with Gasteiger partial charge in [0, 0.05) is 32.6 Å². The Morgan fingerprint density at radius 1 is 1.32 bits per heavy atom. The number of hydrogen-bond acceptors (Lipinski definition) is 3. The normalized spacial score (nSPS) is 27.8. The predicted molar refractivity (Wildman–Crippen MR) is 84.9 cm³/mol. The number of hydrogen-bond donors (Lipinski definition) is 0. The second kappa shape index (κ2) is 6.10. The Morgan fingerprint density at radius 3 is 2.82 bits per heavy atom. The van der Waals surface area contributed by atoms with Crippen LogP contribution in [0.3, 0.4) is 0 Å². The van der Waals surface area contributed by atoms with Gasteiger partial charge < -0.3 is 4.90 Å². The predicted octanol–water partition coefficient (Wildman–Crippen LogP) is 2.25. The van der Waals surface area contributed by atoms with Crippen LogP contribution in [0.4, 0.5) is 0 Å². The fourth-order valence-electron chi connectivity index (χ4n) is 4.01. The van der Waals surface area contributed by atoms with Gasteiger partial charge in [-0.15, -0.1) is 0 Å². The summed E-state index contributed by atoms with van der Waals surface area (Å²) in [6.45, 7) is 1.71. The molecule has 0 unspecified atom stereocenters. The maximum atomic E-state index is 11.9. The SMILES string of the molecule is CN1C[C@@H]2C[C@H](N(C)Cc3ccccc3C#N)C[C@@H]2CC1=O. The Hall–Kier alpha value is -1.86. The van der Waals surface area contributed by atoms with E-state index in [-0.39, 0.29) is 0 Å². The molecule has 4 heteroatoms. The first kappa shape index (κ1) is 15.1. The van der Waals surface area contributed by atoms with Crippen molar-refractivity contribution in [1.82, 2.24) is 9.80 Å². The van der Waals surface area contributed by atoms with Crippen molar-refractivity contribution in [3.05, 3.63) is 35.4 Å². The topological polar surface area (TPSA) is 47.3 Å². The molecule has 1 aromatic carbocycles. The van der Waals surface area contributed by atoms with Crippen LogP contribution < -0.4 is 0 Å². The lowest BCUT2D eigenvalue weighted by Gasteiger charge is -2.31. The number of rotatable bonds is 3. The highest BCUT2D eigenvalue weighted by Gasteiger charge is 2.41. The number of piperidine rings is 1. The van der Waals surface area contributed by atoms with Crippen LogP contribution in [-0.2, 0) is 11.3 Å². The third-order valence-electron chi connectivity index (χ3n) is 5.37. The van der Waals surface area contributed by atoms with E-state index in [0.717, 1.165) is 37.1 Å². The van der Waals surface area contributed by atoms with Gasteiger partial charge in [0.1, 0.15) is 0 Å². The maximum absolute atomic E-state index is 11.9. The molecule has 0 aromatic heterocycles.